The molecule has 0 amide bonds. The van der Waals surface area contributed by atoms with Gasteiger partial charge in [-0.1, -0.05) is 218 Å². The average molecular weight is 919 g/mol. The Morgan fingerprint density at radius 2 is 0.403 bits per heavy atom. The number of benzene rings is 12. The summed E-state index contributed by atoms with van der Waals surface area (Å²) in [5.74, 6) is 0. The summed E-state index contributed by atoms with van der Waals surface area (Å²) >= 11 is 0. The highest BCUT2D eigenvalue weighted by Gasteiger charge is 2.25. The van der Waals surface area contributed by atoms with Crippen LogP contribution in [0.25, 0.3) is 88.1 Å². The highest BCUT2D eigenvalue weighted by Crippen LogP contribution is 2.47. The van der Waals surface area contributed by atoms with Crippen molar-refractivity contribution >= 4 is 77.7 Å². The van der Waals surface area contributed by atoms with E-state index in [0.717, 1.165) is 100.0 Å². The first kappa shape index (κ1) is 42.5. The van der Waals surface area contributed by atoms with Crippen LogP contribution in [0.3, 0.4) is 0 Å². The normalized spacial score (nSPS) is 11.3. The van der Waals surface area contributed by atoms with Crippen LogP contribution >= 0.6 is 0 Å². The lowest BCUT2D eigenvalue weighted by Gasteiger charge is -2.30. The molecule has 0 spiro atoms. The fourth-order valence-electron chi connectivity index (χ4n) is 10.3. The molecular formula is C68H46N4. The molecule has 0 saturated heterocycles. The molecule has 0 N–H and O–H groups in total. The maximum absolute atomic E-state index is 5.87. The van der Waals surface area contributed by atoms with Gasteiger partial charge in [0.15, 0.2) is 0 Å². The van der Waals surface area contributed by atoms with E-state index in [4.69, 9.17) is 9.97 Å². The average Bonchev–Trinajstić information content (AvgIpc) is 3.47. The zero-order valence-corrected chi connectivity index (χ0v) is 39.3. The van der Waals surface area contributed by atoms with Gasteiger partial charge >= 0.3 is 0 Å². The minimum Gasteiger partial charge on any atom is -0.308 e. The molecule has 13 aromatic rings. The van der Waals surface area contributed by atoms with Gasteiger partial charge in [-0.25, -0.2) is 9.97 Å². The predicted octanol–water partition coefficient (Wildman–Crippen LogP) is 18.7. The SMILES string of the molecule is c1ccc(-c2ccc(N(c3ccc(-c4ccccc4)cc3)c3ccc(N(c4ccc(-c5ccccc5)cc4)c4ccc(-c5ccccc5)cc4)c4nc5c6ccccc6c6ccccc6c5nc34)cc2)cc1. The van der Waals surface area contributed by atoms with Crippen LogP contribution in [0.2, 0.25) is 0 Å². The maximum Gasteiger partial charge on any atom is 0.116 e. The highest BCUT2D eigenvalue weighted by atomic mass is 15.2. The van der Waals surface area contributed by atoms with Crippen LogP contribution in [-0.2, 0) is 0 Å². The van der Waals surface area contributed by atoms with Crippen LogP contribution in [0.5, 0.6) is 0 Å². The van der Waals surface area contributed by atoms with E-state index in [9.17, 15) is 0 Å². The van der Waals surface area contributed by atoms with Crippen molar-refractivity contribution in [1.82, 2.24) is 9.97 Å². The Bertz CT molecular complexity index is 3600. The van der Waals surface area contributed by atoms with Crippen LogP contribution in [0.15, 0.2) is 279 Å². The van der Waals surface area contributed by atoms with Gasteiger partial charge in [0.05, 0.1) is 22.4 Å². The summed E-state index contributed by atoms with van der Waals surface area (Å²) < 4.78 is 0. The molecule has 12 aromatic carbocycles. The van der Waals surface area contributed by atoms with E-state index in [1.165, 1.54) is 22.3 Å². The number of nitrogens with zero attached hydrogens (tertiary/aromatic N) is 4. The minimum absolute atomic E-state index is 0.784. The number of anilines is 6. The molecule has 0 bridgehead atoms. The van der Waals surface area contributed by atoms with Gasteiger partial charge in [-0.15, -0.1) is 0 Å². The van der Waals surface area contributed by atoms with Crippen molar-refractivity contribution in [3.63, 3.8) is 0 Å². The van der Waals surface area contributed by atoms with Gasteiger partial charge in [-0.05, 0) is 116 Å². The molecule has 0 aliphatic heterocycles. The molecule has 0 aliphatic carbocycles. The van der Waals surface area contributed by atoms with E-state index >= 15 is 0 Å². The van der Waals surface area contributed by atoms with Crippen molar-refractivity contribution in [2.75, 3.05) is 9.80 Å². The number of fused-ring (bicyclic) bond motifs is 7. The summed E-state index contributed by atoms with van der Waals surface area (Å²) in [5.41, 5.74) is 18.4. The molecule has 338 valence electrons. The fourth-order valence-corrected chi connectivity index (χ4v) is 10.3. The first-order chi connectivity index (χ1) is 35.7. The van der Waals surface area contributed by atoms with Crippen molar-refractivity contribution in [3.05, 3.63) is 279 Å². The third-order valence-electron chi connectivity index (χ3n) is 13.8. The standard InChI is InChI=1S/C68H46N4/c1-5-17-47(18-6-1)51-29-37-55(38-30-51)71(56-39-31-52(32-40-56)48-19-7-2-8-20-48)63-45-46-64(68-67(63)69-65-61-27-15-13-25-59(61)60-26-14-16-28-62(60)66(65)70-68)72(57-41-33-53(34-42-57)49-21-9-3-10-22-49)58-43-35-54(36-44-58)50-23-11-4-12-24-50/h1-46H. The summed E-state index contributed by atoms with van der Waals surface area (Å²) in [5, 5.41) is 4.42. The van der Waals surface area contributed by atoms with Gasteiger partial charge in [-0.3, -0.25) is 0 Å². The molecule has 0 fully saturated rings. The second-order valence-corrected chi connectivity index (χ2v) is 18.1. The first-order valence-corrected chi connectivity index (χ1v) is 24.5. The summed E-state index contributed by atoms with van der Waals surface area (Å²) in [6.45, 7) is 0. The molecule has 1 aromatic heterocycles. The molecule has 1 heterocycles. The zero-order chi connectivity index (χ0) is 47.8. The zero-order valence-electron chi connectivity index (χ0n) is 39.3. The van der Waals surface area contributed by atoms with E-state index < -0.39 is 0 Å². The number of hydrogen-bond donors (Lipinski definition) is 0. The van der Waals surface area contributed by atoms with Gasteiger partial charge in [-0.2, -0.15) is 0 Å². The van der Waals surface area contributed by atoms with Crippen molar-refractivity contribution in [3.8, 4) is 44.5 Å². The number of aromatic nitrogens is 2. The number of rotatable bonds is 10. The molecule has 0 saturated carbocycles. The van der Waals surface area contributed by atoms with Crippen LogP contribution in [-0.4, -0.2) is 9.97 Å². The predicted molar refractivity (Wildman–Crippen MR) is 303 cm³/mol. The Labute approximate surface area is 419 Å². The molecule has 0 aliphatic rings. The molecular weight excluding hydrogens is 873 g/mol. The Morgan fingerprint density at radius 1 is 0.181 bits per heavy atom. The van der Waals surface area contributed by atoms with Gasteiger partial charge in [0, 0.05) is 33.5 Å². The van der Waals surface area contributed by atoms with E-state index in [1.807, 2.05) is 0 Å². The molecule has 0 radical (unpaired) electrons. The molecule has 0 unspecified atom stereocenters. The van der Waals surface area contributed by atoms with Crippen LogP contribution in [0.4, 0.5) is 34.1 Å². The van der Waals surface area contributed by atoms with E-state index in [1.54, 1.807) is 0 Å². The second-order valence-electron chi connectivity index (χ2n) is 18.1. The van der Waals surface area contributed by atoms with Crippen molar-refractivity contribution in [1.29, 1.82) is 0 Å². The summed E-state index contributed by atoms with van der Waals surface area (Å²) in [6.07, 6.45) is 0. The lowest BCUT2D eigenvalue weighted by Crippen LogP contribution is -2.14. The van der Waals surface area contributed by atoms with Gasteiger partial charge in [0.2, 0.25) is 0 Å². The molecule has 72 heavy (non-hydrogen) atoms. The van der Waals surface area contributed by atoms with Crippen molar-refractivity contribution < 1.29 is 0 Å². The monoisotopic (exact) mass is 918 g/mol. The molecule has 13 rings (SSSR count). The van der Waals surface area contributed by atoms with E-state index in [2.05, 4.69) is 289 Å². The van der Waals surface area contributed by atoms with Crippen molar-refractivity contribution in [2.45, 2.75) is 0 Å². The van der Waals surface area contributed by atoms with Crippen LogP contribution in [0.1, 0.15) is 0 Å². The van der Waals surface area contributed by atoms with Gasteiger partial charge in [0.1, 0.15) is 11.0 Å². The third-order valence-corrected chi connectivity index (χ3v) is 13.8. The van der Waals surface area contributed by atoms with E-state index in [-0.39, 0.29) is 0 Å². The Morgan fingerprint density at radius 3 is 0.667 bits per heavy atom. The van der Waals surface area contributed by atoms with Crippen molar-refractivity contribution in [2.24, 2.45) is 0 Å². The lowest BCUT2D eigenvalue weighted by atomic mass is 9.99. The van der Waals surface area contributed by atoms with Crippen LogP contribution in [0, 0.1) is 0 Å². The second kappa shape index (κ2) is 18.4. The lowest BCUT2D eigenvalue weighted by molar-refractivity contribution is 1.25. The molecule has 0 atom stereocenters. The summed E-state index contributed by atoms with van der Waals surface area (Å²) in [7, 11) is 0. The molecule has 4 heteroatoms. The largest absolute Gasteiger partial charge is 0.308 e. The first-order valence-electron chi connectivity index (χ1n) is 24.5. The highest BCUT2D eigenvalue weighted by molar-refractivity contribution is 6.24. The third kappa shape index (κ3) is 7.78. The molecule has 4 nitrogen and oxygen atoms in total. The minimum atomic E-state index is 0.784. The van der Waals surface area contributed by atoms with E-state index in [0.29, 0.717) is 0 Å². The fraction of sp³-hybridized carbons (Fsp3) is 0. The summed E-state index contributed by atoms with van der Waals surface area (Å²) in [4.78, 5) is 16.4. The Kier molecular flexibility index (Phi) is 10.8. The Hall–Kier alpha value is -9.64. The van der Waals surface area contributed by atoms with Gasteiger partial charge in [0.25, 0.3) is 0 Å². The quantitative estimate of drug-likeness (QED) is 0.101. The number of hydrogen-bond acceptors (Lipinski definition) is 4. The van der Waals surface area contributed by atoms with Gasteiger partial charge < -0.3 is 9.80 Å². The maximum atomic E-state index is 5.87. The Balaban J connectivity index is 1.08. The smallest absolute Gasteiger partial charge is 0.116 e. The summed E-state index contributed by atoms with van der Waals surface area (Å²) in [6, 6.07) is 99.4. The van der Waals surface area contributed by atoms with Crippen LogP contribution < -0.4 is 9.80 Å². The topological polar surface area (TPSA) is 32.3 Å².